The van der Waals surface area contributed by atoms with Gasteiger partial charge in [-0.1, -0.05) is 18.2 Å². The third-order valence-electron chi connectivity index (χ3n) is 4.21. The number of tetrazole rings is 1. The number of rotatable bonds is 5. The normalized spacial score (nSPS) is 17.7. The van der Waals surface area contributed by atoms with Crippen LogP contribution in [0.3, 0.4) is 0 Å². The third kappa shape index (κ3) is 3.64. The summed E-state index contributed by atoms with van der Waals surface area (Å²) in [4.78, 5) is 28.0. The summed E-state index contributed by atoms with van der Waals surface area (Å²) in [7, 11) is 0. The van der Waals surface area contributed by atoms with E-state index in [1.807, 2.05) is 30.5 Å². The maximum atomic E-state index is 12.9. The number of hydrogen-bond donors (Lipinski definition) is 0. The van der Waals surface area contributed by atoms with Gasteiger partial charge in [0.15, 0.2) is 5.78 Å². The number of carbonyl (C=O) groups excluding carboxylic acids is 2. The van der Waals surface area contributed by atoms with Gasteiger partial charge < -0.3 is 4.90 Å². The zero-order chi connectivity index (χ0) is 16.9. The summed E-state index contributed by atoms with van der Waals surface area (Å²) >= 11 is 1.57. The van der Waals surface area contributed by atoms with Crippen LogP contribution in [0.4, 0.5) is 0 Å². The number of benzene rings is 1. The molecule has 0 N–H and O–H groups in total. The fourth-order valence-electron chi connectivity index (χ4n) is 2.98. The number of thioether (sulfide) groups is 1. The van der Waals surface area contributed by atoms with Crippen molar-refractivity contribution in [2.75, 3.05) is 19.3 Å². The molecule has 126 valence electrons. The SMILES string of the molecule is CSc1ccccc1C(=O)[C@H]1CCCN(C(=O)Cn2cnnn2)C1. The van der Waals surface area contributed by atoms with Crippen LogP contribution in [0.1, 0.15) is 23.2 Å². The van der Waals surface area contributed by atoms with Crippen LogP contribution in [0.2, 0.25) is 0 Å². The highest BCUT2D eigenvalue weighted by Gasteiger charge is 2.30. The molecule has 0 bridgehead atoms. The molecule has 0 saturated carbocycles. The molecule has 1 atom stereocenters. The Kier molecular flexibility index (Phi) is 5.24. The number of nitrogens with zero attached hydrogens (tertiary/aromatic N) is 5. The first-order valence-corrected chi connectivity index (χ1v) is 9.07. The molecule has 8 heteroatoms. The highest BCUT2D eigenvalue weighted by atomic mass is 32.2. The van der Waals surface area contributed by atoms with E-state index in [0.29, 0.717) is 13.1 Å². The van der Waals surface area contributed by atoms with E-state index in [0.717, 1.165) is 23.3 Å². The van der Waals surface area contributed by atoms with E-state index in [1.54, 1.807) is 16.7 Å². The van der Waals surface area contributed by atoms with Gasteiger partial charge in [0.05, 0.1) is 0 Å². The van der Waals surface area contributed by atoms with Crippen molar-refractivity contribution in [3.63, 3.8) is 0 Å². The Morgan fingerprint density at radius 2 is 2.17 bits per heavy atom. The van der Waals surface area contributed by atoms with Crippen molar-refractivity contribution in [3.05, 3.63) is 36.2 Å². The Morgan fingerprint density at radius 3 is 2.92 bits per heavy atom. The largest absolute Gasteiger partial charge is 0.340 e. The summed E-state index contributed by atoms with van der Waals surface area (Å²) in [6, 6.07) is 7.65. The van der Waals surface area contributed by atoms with Gasteiger partial charge in [-0.15, -0.1) is 16.9 Å². The zero-order valence-electron chi connectivity index (χ0n) is 13.5. The molecule has 2 aromatic rings. The van der Waals surface area contributed by atoms with E-state index < -0.39 is 0 Å². The average Bonchev–Trinajstić information content (AvgIpc) is 3.14. The van der Waals surface area contributed by atoms with Crippen molar-refractivity contribution >= 4 is 23.5 Å². The zero-order valence-corrected chi connectivity index (χ0v) is 14.3. The Labute approximate surface area is 144 Å². The van der Waals surface area contributed by atoms with E-state index in [-0.39, 0.29) is 24.2 Å². The number of piperidine rings is 1. The van der Waals surface area contributed by atoms with Crippen molar-refractivity contribution in [3.8, 4) is 0 Å². The molecule has 3 rings (SSSR count). The maximum absolute atomic E-state index is 12.9. The predicted molar refractivity (Wildman–Crippen MR) is 89.7 cm³/mol. The average molecular weight is 345 g/mol. The molecule has 0 aliphatic carbocycles. The van der Waals surface area contributed by atoms with Gasteiger partial charge in [-0.05, 0) is 35.6 Å². The van der Waals surface area contributed by atoms with Crippen LogP contribution in [0, 0.1) is 5.92 Å². The van der Waals surface area contributed by atoms with Crippen LogP contribution in [0.25, 0.3) is 0 Å². The van der Waals surface area contributed by atoms with Gasteiger partial charge in [0.1, 0.15) is 12.9 Å². The lowest BCUT2D eigenvalue weighted by atomic mass is 9.90. The van der Waals surface area contributed by atoms with E-state index >= 15 is 0 Å². The van der Waals surface area contributed by atoms with Gasteiger partial charge in [-0.2, -0.15) is 0 Å². The molecule has 1 aliphatic rings. The Hall–Kier alpha value is -2.22. The van der Waals surface area contributed by atoms with Crippen LogP contribution in [0.15, 0.2) is 35.5 Å². The summed E-state index contributed by atoms with van der Waals surface area (Å²) < 4.78 is 1.40. The molecule has 1 saturated heterocycles. The van der Waals surface area contributed by atoms with Gasteiger partial charge in [0.25, 0.3) is 0 Å². The monoisotopic (exact) mass is 345 g/mol. The molecule has 1 aromatic heterocycles. The Morgan fingerprint density at radius 1 is 1.33 bits per heavy atom. The smallest absolute Gasteiger partial charge is 0.244 e. The summed E-state index contributed by atoms with van der Waals surface area (Å²) in [5.74, 6) is -0.0808. The summed E-state index contributed by atoms with van der Waals surface area (Å²) in [6.07, 6.45) is 5.03. The lowest BCUT2D eigenvalue weighted by Crippen LogP contribution is -2.43. The molecule has 0 spiro atoms. The summed E-state index contributed by atoms with van der Waals surface area (Å²) in [5, 5.41) is 10.8. The second-order valence-electron chi connectivity index (χ2n) is 5.75. The first kappa shape index (κ1) is 16.6. The van der Waals surface area contributed by atoms with Gasteiger partial charge in [0, 0.05) is 29.5 Å². The summed E-state index contributed by atoms with van der Waals surface area (Å²) in [6.45, 7) is 1.24. The Bertz CT molecular complexity index is 719. The Balaban J connectivity index is 1.68. The number of hydrogen-bond acceptors (Lipinski definition) is 6. The first-order chi connectivity index (χ1) is 11.7. The molecule has 24 heavy (non-hydrogen) atoms. The predicted octanol–water partition coefficient (Wildman–Crippen LogP) is 1.52. The van der Waals surface area contributed by atoms with Crippen LogP contribution < -0.4 is 0 Å². The minimum atomic E-state index is -0.148. The maximum Gasteiger partial charge on any atom is 0.244 e. The number of aromatic nitrogens is 4. The fourth-order valence-corrected chi connectivity index (χ4v) is 3.58. The van der Waals surface area contributed by atoms with Gasteiger partial charge in [-0.25, -0.2) is 4.68 Å². The molecule has 1 amide bonds. The number of likely N-dealkylation sites (tertiary alicyclic amines) is 1. The highest BCUT2D eigenvalue weighted by Crippen LogP contribution is 2.26. The van der Waals surface area contributed by atoms with Crippen LogP contribution in [0.5, 0.6) is 0 Å². The molecular weight excluding hydrogens is 326 g/mol. The second-order valence-corrected chi connectivity index (χ2v) is 6.60. The van der Waals surface area contributed by atoms with Gasteiger partial charge >= 0.3 is 0 Å². The number of Topliss-reactive ketones (excluding diaryl/α,β-unsaturated/α-hetero) is 1. The van der Waals surface area contributed by atoms with Crippen molar-refractivity contribution in [2.24, 2.45) is 5.92 Å². The molecule has 1 aromatic carbocycles. The number of carbonyl (C=O) groups is 2. The fraction of sp³-hybridized carbons (Fsp3) is 0.438. The van der Waals surface area contributed by atoms with Crippen LogP contribution in [-0.2, 0) is 11.3 Å². The van der Waals surface area contributed by atoms with Crippen molar-refractivity contribution in [1.29, 1.82) is 0 Å². The third-order valence-corrected chi connectivity index (χ3v) is 5.00. The highest BCUT2D eigenvalue weighted by molar-refractivity contribution is 7.98. The topological polar surface area (TPSA) is 81.0 Å². The van der Waals surface area contributed by atoms with Crippen molar-refractivity contribution in [2.45, 2.75) is 24.3 Å². The molecule has 7 nitrogen and oxygen atoms in total. The molecule has 0 radical (unpaired) electrons. The minimum Gasteiger partial charge on any atom is -0.340 e. The molecular formula is C16H19N5O2S. The second kappa shape index (κ2) is 7.57. The lowest BCUT2D eigenvalue weighted by molar-refractivity contribution is -0.133. The van der Waals surface area contributed by atoms with E-state index in [1.165, 1.54) is 11.0 Å². The number of amides is 1. The quantitative estimate of drug-likeness (QED) is 0.604. The molecule has 2 heterocycles. The lowest BCUT2D eigenvalue weighted by Gasteiger charge is -2.32. The van der Waals surface area contributed by atoms with Crippen LogP contribution >= 0.6 is 11.8 Å². The van der Waals surface area contributed by atoms with Crippen LogP contribution in [-0.4, -0.2) is 56.1 Å². The molecule has 0 unspecified atom stereocenters. The van der Waals surface area contributed by atoms with E-state index in [2.05, 4.69) is 15.5 Å². The first-order valence-electron chi connectivity index (χ1n) is 7.85. The minimum absolute atomic E-state index is 0.0575. The summed E-state index contributed by atoms with van der Waals surface area (Å²) in [5.41, 5.74) is 0.754. The standard InChI is InChI=1S/C16H19N5O2S/c1-24-14-7-3-2-6-13(14)16(23)12-5-4-8-20(9-12)15(22)10-21-11-17-18-19-21/h2-3,6-7,11-12H,4-5,8-10H2,1H3/t12-/m0/s1. The molecule has 1 fully saturated rings. The van der Waals surface area contributed by atoms with Gasteiger partial charge in [-0.3, -0.25) is 9.59 Å². The molecule has 1 aliphatic heterocycles. The van der Waals surface area contributed by atoms with E-state index in [4.69, 9.17) is 0 Å². The van der Waals surface area contributed by atoms with E-state index in [9.17, 15) is 9.59 Å². The van der Waals surface area contributed by atoms with Crippen molar-refractivity contribution < 1.29 is 9.59 Å². The number of ketones is 1. The van der Waals surface area contributed by atoms with Gasteiger partial charge in [0.2, 0.25) is 5.91 Å². The van der Waals surface area contributed by atoms with Crippen molar-refractivity contribution in [1.82, 2.24) is 25.1 Å².